The molecule has 0 amide bonds. The van der Waals surface area contributed by atoms with Gasteiger partial charge < -0.3 is 21.9 Å². The Morgan fingerprint density at radius 1 is 0.917 bits per heavy atom. The monoisotopic (exact) mass is 396 g/mol. The summed E-state index contributed by atoms with van der Waals surface area (Å²) in [7, 11) is -10.6. The van der Waals surface area contributed by atoms with Crippen molar-refractivity contribution >= 4 is 31.8 Å². The van der Waals surface area contributed by atoms with Crippen LogP contribution in [0.2, 0.25) is 0 Å². The molecule has 0 fully saturated rings. The van der Waals surface area contributed by atoms with E-state index in [0.29, 0.717) is 5.56 Å². The van der Waals surface area contributed by atoms with E-state index in [-0.39, 0.29) is 70.1 Å². The predicted molar refractivity (Wildman–Crippen MR) is 67.9 cm³/mol. The van der Waals surface area contributed by atoms with Gasteiger partial charge in [0.25, 0.3) is 20.8 Å². The molecule has 2 rings (SSSR count). The Morgan fingerprint density at radius 3 is 1.83 bits per heavy atom. The van der Waals surface area contributed by atoms with E-state index in [2.05, 4.69) is 8.37 Å². The maximum absolute atomic E-state index is 11.2. The van der Waals surface area contributed by atoms with Gasteiger partial charge in [-0.15, -0.1) is 0 Å². The topological polar surface area (TPSA) is 163 Å². The third-order valence-corrected chi connectivity index (χ3v) is 3.17. The third kappa shape index (κ3) is 6.63. The normalized spacial score (nSPS) is 11.3. The van der Waals surface area contributed by atoms with Gasteiger partial charge in [-0.05, 0) is 18.6 Å². The predicted octanol–water partition coefficient (Wildman–Crippen LogP) is -6.21. The molecule has 0 saturated heterocycles. The van der Waals surface area contributed by atoms with Crippen LogP contribution in [0.3, 0.4) is 0 Å². The van der Waals surface area contributed by atoms with E-state index in [4.69, 9.17) is 4.42 Å². The molecule has 2 aromatic rings. The average Bonchev–Trinajstić information content (AvgIpc) is 2.26. The van der Waals surface area contributed by atoms with Crippen molar-refractivity contribution < 1.29 is 97.8 Å². The SMILES string of the molecule is Cc1cc(=O)oc2cc(OS(=O)(=O)[O-])c(OS(=O)(=O)[O-])cc12.[Na+].[Na+]. The van der Waals surface area contributed by atoms with E-state index in [1.807, 2.05) is 0 Å². The fourth-order valence-electron chi connectivity index (χ4n) is 1.68. The van der Waals surface area contributed by atoms with E-state index >= 15 is 0 Å². The van der Waals surface area contributed by atoms with E-state index in [1.54, 1.807) is 0 Å². The minimum absolute atomic E-state index is 0. The zero-order valence-corrected chi connectivity index (χ0v) is 18.3. The summed E-state index contributed by atoms with van der Waals surface area (Å²) in [4.78, 5) is 11.2. The molecule has 0 aliphatic heterocycles. The molecule has 0 unspecified atom stereocenters. The summed E-state index contributed by atoms with van der Waals surface area (Å²) in [6, 6.07) is 2.71. The number of fused-ring (bicyclic) bond motifs is 1. The van der Waals surface area contributed by atoms with Crippen LogP contribution >= 0.6 is 0 Å². The summed E-state index contributed by atoms with van der Waals surface area (Å²) in [5.41, 5.74) is -0.638. The molecule has 14 heteroatoms. The van der Waals surface area contributed by atoms with Gasteiger partial charge in [0.1, 0.15) is 5.58 Å². The molecule has 1 aromatic carbocycles. The molecule has 24 heavy (non-hydrogen) atoms. The van der Waals surface area contributed by atoms with E-state index < -0.39 is 37.9 Å². The van der Waals surface area contributed by atoms with Gasteiger partial charge in [0.2, 0.25) is 0 Å². The van der Waals surface area contributed by atoms with Crippen LogP contribution in [0.15, 0.2) is 27.4 Å². The van der Waals surface area contributed by atoms with Crippen molar-refractivity contribution in [3.63, 3.8) is 0 Å². The van der Waals surface area contributed by atoms with Crippen LogP contribution in [0, 0.1) is 6.92 Å². The van der Waals surface area contributed by atoms with Gasteiger partial charge in [-0.1, -0.05) is 0 Å². The van der Waals surface area contributed by atoms with Crippen molar-refractivity contribution in [3.05, 3.63) is 34.2 Å². The second-order valence-electron chi connectivity index (χ2n) is 4.03. The first kappa shape index (κ1) is 23.9. The molecular weight excluding hydrogens is 390 g/mol. The summed E-state index contributed by atoms with van der Waals surface area (Å²) < 4.78 is 76.7. The van der Waals surface area contributed by atoms with Crippen molar-refractivity contribution in [3.8, 4) is 11.5 Å². The molecule has 0 spiro atoms. The number of rotatable bonds is 4. The van der Waals surface area contributed by atoms with Crippen molar-refractivity contribution in [2.24, 2.45) is 0 Å². The quantitative estimate of drug-likeness (QED) is 0.210. The third-order valence-electron chi connectivity index (χ3n) is 2.40. The molecule has 1 aromatic heterocycles. The maximum Gasteiger partial charge on any atom is 1.00 e. The van der Waals surface area contributed by atoms with Crippen molar-refractivity contribution in [1.29, 1.82) is 0 Å². The molecule has 1 heterocycles. The standard InChI is InChI=1S/C10H8O10S2.2Na/c1-5-2-10(11)18-7-4-9(20-22(15,16)17)8(3-6(5)7)19-21(12,13)14;;/h2-4H,1H3,(H,12,13,14)(H,15,16,17);;/q;2*+1/p-2. The van der Waals surface area contributed by atoms with E-state index in [0.717, 1.165) is 18.2 Å². The summed E-state index contributed by atoms with van der Waals surface area (Å²) in [5.74, 6) is -1.74. The van der Waals surface area contributed by atoms with Crippen LogP contribution in [0.5, 0.6) is 11.5 Å². The number of hydrogen-bond acceptors (Lipinski definition) is 10. The van der Waals surface area contributed by atoms with Gasteiger partial charge in [-0.3, -0.25) is 0 Å². The Morgan fingerprint density at radius 2 is 1.38 bits per heavy atom. The number of hydrogen-bond donors (Lipinski definition) is 0. The largest absolute Gasteiger partial charge is 1.00 e. The summed E-state index contributed by atoms with van der Waals surface area (Å²) in [6.07, 6.45) is 0. The molecule has 0 bridgehead atoms. The Kier molecular flexibility index (Phi) is 8.44. The first-order chi connectivity index (χ1) is 9.94. The molecule has 10 nitrogen and oxygen atoms in total. The molecule has 0 aliphatic carbocycles. The smallest absolute Gasteiger partial charge is 0.716 e. The van der Waals surface area contributed by atoms with Crippen LogP contribution in [-0.4, -0.2) is 25.9 Å². The van der Waals surface area contributed by atoms with E-state index in [1.165, 1.54) is 6.92 Å². The molecule has 0 saturated carbocycles. The molecule has 120 valence electrons. The van der Waals surface area contributed by atoms with E-state index in [9.17, 15) is 30.7 Å². The van der Waals surface area contributed by atoms with Crippen molar-refractivity contribution in [2.75, 3.05) is 0 Å². The van der Waals surface area contributed by atoms with Gasteiger partial charge in [-0.2, -0.15) is 0 Å². The molecular formula is C10H6Na2O10S2. The maximum atomic E-state index is 11.2. The Balaban J connectivity index is 0.00000264. The summed E-state index contributed by atoms with van der Waals surface area (Å²) in [6.45, 7) is 1.47. The van der Waals surface area contributed by atoms with Gasteiger partial charge in [0.05, 0.1) is 0 Å². The average molecular weight is 396 g/mol. The Hall–Kier alpha value is -0.150. The van der Waals surface area contributed by atoms with Crippen molar-refractivity contribution in [1.82, 2.24) is 0 Å². The number of aryl methyl sites for hydroxylation is 1. The summed E-state index contributed by atoms with van der Waals surface area (Å²) >= 11 is 0. The minimum atomic E-state index is -5.29. The van der Waals surface area contributed by atoms with Gasteiger partial charge in [0.15, 0.2) is 11.5 Å². The van der Waals surface area contributed by atoms with Crippen LogP contribution in [0.25, 0.3) is 11.0 Å². The Bertz CT molecular complexity index is 1010. The Labute approximate surface area is 180 Å². The minimum Gasteiger partial charge on any atom is -0.716 e. The first-order valence-electron chi connectivity index (χ1n) is 5.34. The van der Waals surface area contributed by atoms with Crippen molar-refractivity contribution in [2.45, 2.75) is 6.92 Å². The van der Waals surface area contributed by atoms with Crippen LogP contribution in [-0.2, 0) is 20.8 Å². The zero-order chi connectivity index (χ0) is 16.7. The van der Waals surface area contributed by atoms with Gasteiger partial charge in [-0.25, -0.2) is 21.6 Å². The molecule has 0 aliphatic rings. The van der Waals surface area contributed by atoms with Crippen LogP contribution < -0.4 is 73.1 Å². The zero-order valence-electron chi connectivity index (χ0n) is 12.6. The van der Waals surface area contributed by atoms with Gasteiger partial charge >= 0.3 is 64.7 Å². The molecule has 0 radical (unpaired) electrons. The summed E-state index contributed by atoms with van der Waals surface area (Å²) in [5, 5.41) is 0.147. The second-order valence-corrected chi connectivity index (χ2v) is 5.99. The fourth-order valence-corrected chi connectivity index (χ4v) is 2.38. The second kappa shape index (κ2) is 8.49. The molecule has 0 N–H and O–H groups in total. The van der Waals surface area contributed by atoms with Crippen LogP contribution in [0.1, 0.15) is 5.56 Å². The van der Waals surface area contributed by atoms with Gasteiger partial charge in [0, 0.05) is 17.5 Å². The van der Waals surface area contributed by atoms with Crippen LogP contribution in [0.4, 0.5) is 0 Å². The fraction of sp³-hybridized carbons (Fsp3) is 0.100. The number of benzene rings is 1. The molecule has 0 atom stereocenters. The first-order valence-corrected chi connectivity index (χ1v) is 8.00.